The summed E-state index contributed by atoms with van der Waals surface area (Å²) in [6, 6.07) is 0.0774. The van der Waals surface area contributed by atoms with E-state index in [0.29, 0.717) is 11.8 Å². The number of fused-ring (bicyclic) bond motifs is 6. The highest BCUT2D eigenvalue weighted by Crippen LogP contribution is 2.58. The second-order valence-electron chi connectivity index (χ2n) is 15.0. The van der Waals surface area contributed by atoms with Crippen LogP contribution in [0, 0.1) is 29.1 Å². The Labute approximate surface area is 237 Å². The van der Waals surface area contributed by atoms with Gasteiger partial charge in [0, 0.05) is 12.0 Å². The zero-order valence-electron chi connectivity index (χ0n) is 25.8. The molecule has 39 heavy (non-hydrogen) atoms. The number of carbonyl (C=O) groups excluding carboxylic acids is 2. The zero-order valence-corrected chi connectivity index (χ0v) is 27.8. The lowest BCUT2D eigenvalue weighted by atomic mass is 9.52. The van der Waals surface area contributed by atoms with Crippen molar-refractivity contribution in [2.45, 2.75) is 116 Å². The van der Waals surface area contributed by atoms with Gasteiger partial charge in [0.1, 0.15) is 12.2 Å². The lowest BCUT2D eigenvalue weighted by Gasteiger charge is -2.59. The highest BCUT2D eigenvalue weighted by molar-refractivity contribution is 6.89. The fraction of sp³-hybridized carbons (Fsp3) is 0.867. The van der Waals surface area contributed by atoms with Crippen molar-refractivity contribution in [3.05, 3.63) is 11.1 Å². The summed E-state index contributed by atoms with van der Waals surface area (Å²) in [5, 5.41) is 0. The average molecular weight is 578 g/mol. The van der Waals surface area contributed by atoms with Crippen LogP contribution in [0.2, 0.25) is 31.9 Å². The average Bonchev–Trinajstić information content (AvgIpc) is 2.83. The number of rotatable bonds is 4. The highest BCUT2D eigenvalue weighted by atomic mass is 28.4. The van der Waals surface area contributed by atoms with Gasteiger partial charge < -0.3 is 23.2 Å². The molecule has 7 nitrogen and oxygen atoms in total. The van der Waals surface area contributed by atoms with E-state index in [2.05, 4.69) is 51.9 Å². The molecule has 3 aliphatic carbocycles. The molecule has 2 heterocycles. The minimum Gasteiger partial charge on any atom is -0.458 e. The summed E-state index contributed by atoms with van der Waals surface area (Å²) in [7, 11) is -0.357. The predicted octanol–water partition coefficient (Wildman–Crippen LogP) is 4.96. The number of esters is 1. The summed E-state index contributed by atoms with van der Waals surface area (Å²) in [4.78, 5) is 30.3. The summed E-state index contributed by atoms with van der Waals surface area (Å²) in [6.45, 7) is 18.1. The number of hydrogen-bond acceptors (Lipinski definition) is 7. The molecular weight excluding hydrogens is 527 g/mol. The molecular formula is C30H51NO6Si2. The zero-order chi connectivity index (χ0) is 28.7. The molecule has 4 bridgehead atoms. The van der Waals surface area contributed by atoms with E-state index in [0.717, 1.165) is 49.1 Å². The van der Waals surface area contributed by atoms with Crippen LogP contribution >= 0.6 is 0 Å². The van der Waals surface area contributed by atoms with Gasteiger partial charge in [-0.15, -0.1) is 0 Å². The molecule has 4 unspecified atom stereocenters. The second-order valence-corrected chi connectivity index (χ2v) is 23.9. The summed E-state index contributed by atoms with van der Waals surface area (Å²) in [5.41, 5.74) is 2.46. The molecule has 2 saturated heterocycles. The fourth-order valence-electron chi connectivity index (χ4n) is 8.53. The van der Waals surface area contributed by atoms with E-state index >= 15 is 0 Å². The Morgan fingerprint density at radius 2 is 1.74 bits per heavy atom. The van der Waals surface area contributed by atoms with Crippen molar-refractivity contribution >= 4 is 28.4 Å². The summed E-state index contributed by atoms with van der Waals surface area (Å²) < 4.78 is 26.5. The van der Waals surface area contributed by atoms with Crippen molar-refractivity contribution < 1.29 is 27.9 Å². The molecule has 220 valence electrons. The number of hydrogen-bond donors (Lipinski definition) is 0. The van der Waals surface area contributed by atoms with Crippen molar-refractivity contribution in [3.8, 4) is 0 Å². The molecule has 0 aromatic heterocycles. The molecule has 9 heteroatoms. The third-order valence-corrected chi connectivity index (χ3v) is 19.6. The highest BCUT2D eigenvalue weighted by Gasteiger charge is 2.64. The molecule has 0 aromatic rings. The molecule has 0 radical (unpaired) electrons. The Morgan fingerprint density at radius 1 is 1.08 bits per heavy atom. The lowest BCUT2D eigenvalue weighted by Crippen LogP contribution is -2.66. The Balaban J connectivity index is 1.57. The maximum atomic E-state index is 14.9. The fourth-order valence-corrected chi connectivity index (χ4v) is 19.4. The largest absolute Gasteiger partial charge is 0.458 e. The van der Waals surface area contributed by atoms with Crippen LogP contribution in [0.25, 0.3) is 0 Å². The first kappa shape index (κ1) is 29.6. The molecule has 0 spiro atoms. The molecule has 5 aliphatic rings. The summed E-state index contributed by atoms with van der Waals surface area (Å²) in [5.74, 6) is 0.705. The van der Waals surface area contributed by atoms with Crippen LogP contribution in [-0.4, -0.2) is 84.4 Å². The topological polar surface area (TPSA) is 74.3 Å². The molecule has 0 amide bonds. The van der Waals surface area contributed by atoms with Crippen LogP contribution < -0.4 is 0 Å². The van der Waals surface area contributed by atoms with Crippen molar-refractivity contribution in [2.75, 3.05) is 20.7 Å². The Hall–Kier alpha value is -0.846. The van der Waals surface area contributed by atoms with E-state index in [1.165, 1.54) is 0 Å². The molecule has 5 rings (SSSR count). The van der Waals surface area contributed by atoms with Gasteiger partial charge in [0.25, 0.3) is 0 Å². The number of carbonyl (C=O) groups is 2. The minimum absolute atomic E-state index is 0.0774. The summed E-state index contributed by atoms with van der Waals surface area (Å²) >= 11 is 0. The van der Waals surface area contributed by atoms with E-state index in [4.69, 9.17) is 18.3 Å². The smallest absolute Gasteiger partial charge is 0.310 e. The Morgan fingerprint density at radius 3 is 2.36 bits per heavy atom. The van der Waals surface area contributed by atoms with Gasteiger partial charge in [-0.2, -0.15) is 0 Å². The lowest BCUT2D eigenvalue weighted by molar-refractivity contribution is -0.225. The van der Waals surface area contributed by atoms with Crippen molar-refractivity contribution in [1.82, 2.24) is 4.90 Å². The minimum atomic E-state index is -2.24. The van der Waals surface area contributed by atoms with Gasteiger partial charge in [-0.25, -0.2) is 0 Å². The van der Waals surface area contributed by atoms with Gasteiger partial charge in [0.05, 0.1) is 30.1 Å². The number of Topliss-reactive ketones (excluding diaryl/α,β-unsaturated/α-hetero) is 1. The number of ether oxygens (including phenoxy) is 2. The van der Waals surface area contributed by atoms with Crippen molar-refractivity contribution in [2.24, 2.45) is 29.1 Å². The van der Waals surface area contributed by atoms with Crippen LogP contribution in [0.3, 0.4) is 0 Å². The molecule has 2 aliphatic heterocycles. The molecule has 4 fully saturated rings. The molecule has 2 saturated carbocycles. The van der Waals surface area contributed by atoms with Crippen LogP contribution in [0.5, 0.6) is 0 Å². The maximum Gasteiger partial charge on any atom is 0.310 e. The second kappa shape index (κ2) is 10.2. The van der Waals surface area contributed by atoms with E-state index in [9.17, 15) is 9.59 Å². The number of nitrogens with zero attached hydrogens (tertiary/aromatic N) is 1. The Bertz CT molecular complexity index is 1040. The van der Waals surface area contributed by atoms with E-state index in [1.54, 1.807) is 0 Å². The maximum absolute atomic E-state index is 14.9. The third-order valence-electron chi connectivity index (χ3n) is 11.0. The monoisotopic (exact) mass is 577 g/mol. The first-order valence-corrected chi connectivity index (χ1v) is 21.3. The van der Waals surface area contributed by atoms with Crippen LogP contribution in [0.1, 0.15) is 53.4 Å². The number of ketones is 1. The van der Waals surface area contributed by atoms with E-state index in [-0.39, 0.29) is 47.9 Å². The SMILES string of the molecule is CC1=C2C[C@@H](CC1OC(=O)[C@H](C)[C@H](C)N(C)C)CC1C3COC3C[C@@H]3O[Si](C)(C)C[Si](C)(C)O[C@H]2C(=O)[C@@]13C. The molecule has 10 atom stereocenters. The van der Waals surface area contributed by atoms with Gasteiger partial charge in [-0.3, -0.25) is 9.59 Å². The van der Waals surface area contributed by atoms with Crippen molar-refractivity contribution in [3.63, 3.8) is 0 Å². The Kier molecular flexibility index (Phi) is 7.72. The quantitative estimate of drug-likeness (QED) is 0.266. The first-order valence-electron chi connectivity index (χ1n) is 15.1. The van der Waals surface area contributed by atoms with Gasteiger partial charge in [-0.05, 0) is 115 Å². The normalized spacial score (nSPS) is 42.5. The summed E-state index contributed by atoms with van der Waals surface area (Å²) in [6.07, 6.45) is 2.57. The van der Waals surface area contributed by atoms with Crippen LogP contribution in [0.4, 0.5) is 0 Å². The molecule has 0 aromatic carbocycles. The van der Waals surface area contributed by atoms with Gasteiger partial charge in [0.2, 0.25) is 0 Å². The predicted molar refractivity (Wildman–Crippen MR) is 156 cm³/mol. The van der Waals surface area contributed by atoms with E-state index < -0.39 is 28.2 Å². The first-order chi connectivity index (χ1) is 18.0. The van der Waals surface area contributed by atoms with Crippen LogP contribution in [0.15, 0.2) is 11.1 Å². The van der Waals surface area contributed by atoms with Gasteiger partial charge >= 0.3 is 5.97 Å². The molecule has 0 N–H and O–H groups in total. The van der Waals surface area contributed by atoms with Crippen LogP contribution in [-0.2, 0) is 27.9 Å². The van der Waals surface area contributed by atoms with E-state index in [1.807, 2.05) is 21.0 Å². The standard InChI is InChI=1S/C30H51NO6Si2/c1-17(19(3)31(5)6)29(33)35-24-13-20-11-21(18(24)2)27-28(32)30(4)23(12-20)22-15-34-25(22)14-26(30)36-38(7,8)16-39(9,10)37-27/h17,19-20,22-27H,11-16H2,1-10H3/t17-,19+,20-,22?,23?,24?,25?,26+,27-,30+/m1/s1. The van der Waals surface area contributed by atoms with Gasteiger partial charge in [0.15, 0.2) is 22.4 Å². The third kappa shape index (κ3) is 5.18. The van der Waals surface area contributed by atoms with Gasteiger partial charge in [-0.1, -0.05) is 6.92 Å². The van der Waals surface area contributed by atoms with Crippen molar-refractivity contribution in [1.29, 1.82) is 0 Å².